The van der Waals surface area contributed by atoms with Crippen LogP contribution in [-0.2, 0) is 14.8 Å². The molecule has 0 radical (unpaired) electrons. The van der Waals surface area contributed by atoms with E-state index in [2.05, 4.69) is 20.4 Å². The first-order valence-electron chi connectivity index (χ1n) is 6.45. The monoisotopic (exact) mass is 269 g/mol. The van der Waals surface area contributed by atoms with Crippen LogP contribution in [0, 0.1) is 16.7 Å². The van der Waals surface area contributed by atoms with Crippen molar-refractivity contribution in [2.75, 3.05) is 5.75 Å². The minimum absolute atomic E-state index is 0.0148. The van der Waals surface area contributed by atoms with E-state index in [0.717, 1.165) is 29.6 Å². The van der Waals surface area contributed by atoms with Crippen molar-refractivity contribution in [2.24, 2.45) is 16.7 Å². The van der Waals surface area contributed by atoms with Crippen LogP contribution in [0.4, 0.5) is 0 Å². The minimum Gasteiger partial charge on any atom is -0.269 e. The molecule has 0 aromatic heterocycles. The highest BCUT2D eigenvalue weighted by Crippen LogP contribution is 2.69. The molecular formula is C13H19NO3S. The average Bonchev–Trinajstić information content (AvgIpc) is 2.74. The molecule has 3 aliphatic rings. The quantitative estimate of drug-likeness (QED) is 0.678. The minimum atomic E-state index is -3.46. The fraction of sp³-hybridized carbons (Fsp3) is 0.769. The van der Waals surface area contributed by atoms with Crippen LogP contribution in [0.5, 0.6) is 0 Å². The molecule has 0 aromatic rings. The number of amides is 1. The molecule has 2 saturated carbocycles. The van der Waals surface area contributed by atoms with Crippen LogP contribution in [0.2, 0.25) is 0 Å². The molecule has 18 heavy (non-hydrogen) atoms. The Morgan fingerprint density at radius 3 is 2.67 bits per heavy atom. The average molecular weight is 269 g/mol. The van der Waals surface area contributed by atoms with E-state index < -0.39 is 15.9 Å². The van der Waals surface area contributed by atoms with Gasteiger partial charge >= 0.3 is 0 Å². The summed E-state index contributed by atoms with van der Waals surface area (Å²) in [6.45, 7) is 7.76. The first kappa shape index (κ1) is 12.2. The van der Waals surface area contributed by atoms with Crippen LogP contribution in [0.1, 0.15) is 33.1 Å². The van der Waals surface area contributed by atoms with E-state index in [-0.39, 0.29) is 22.6 Å². The number of fused-ring (bicyclic) bond motifs is 1. The molecule has 4 nitrogen and oxygen atoms in total. The smallest absolute Gasteiger partial charge is 0.259 e. The van der Waals surface area contributed by atoms with Gasteiger partial charge < -0.3 is 0 Å². The molecule has 100 valence electrons. The lowest BCUT2D eigenvalue weighted by molar-refractivity contribution is -0.124. The Labute approximate surface area is 108 Å². The van der Waals surface area contributed by atoms with Gasteiger partial charge in [0.2, 0.25) is 10.0 Å². The lowest BCUT2D eigenvalue weighted by Gasteiger charge is -2.36. The van der Waals surface area contributed by atoms with E-state index in [0.29, 0.717) is 5.92 Å². The number of carbonyl (C=O) groups is 1. The van der Waals surface area contributed by atoms with Crippen molar-refractivity contribution in [3.05, 3.63) is 12.7 Å². The zero-order chi connectivity index (χ0) is 13.3. The molecule has 1 aliphatic heterocycles. The van der Waals surface area contributed by atoms with Crippen molar-refractivity contribution in [3.8, 4) is 0 Å². The van der Waals surface area contributed by atoms with Crippen molar-refractivity contribution < 1.29 is 13.2 Å². The maximum Gasteiger partial charge on any atom is 0.259 e. The summed E-state index contributed by atoms with van der Waals surface area (Å²) in [4.78, 5) is 11.9. The summed E-state index contributed by atoms with van der Waals surface area (Å²) in [7, 11) is -3.46. The molecule has 1 amide bonds. The maximum atomic E-state index is 12.3. The Bertz CT molecular complexity index is 536. The number of sulfonamides is 1. The molecule has 3 fully saturated rings. The van der Waals surface area contributed by atoms with Crippen molar-refractivity contribution in [1.29, 1.82) is 0 Å². The molecule has 0 aromatic carbocycles. The number of rotatable bonds is 1. The van der Waals surface area contributed by atoms with Crippen molar-refractivity contribution in [2.45, 2.75) is 39.2 Å². The van der Waals surface area contributed by atoms with Gasteiger partial charge in [-0.3, -0.25) is 4.79 Å². The zero-order valence-electron chi connectivity index (χ0n) is 10.8. The predicted octanol–water partition coefficient (Wildman–Crippen LogP) is 1.54. The molecule has 1 unspecified atom stereocenters. The van der Waals surface area contributed by atoms with Gasteiger partial charge in [0.1, 0.15) is 0 Å². The van der Waals surface area contributed by atoms with Gasteiger partial charge in [0, 0.05) is 5.41 Å². The number of hydrogen-bond donors (Lipinski definition) is 0. The van der Waals surface area contributed by atoms with Gasteiger partial charge in [-0.05, 0) is 36.7 Å². The summed E-state index contributed by atoms with van der Waals surface area (Å²) in [5, 5.41) is 0. The van der Waals surface area contributed by atoms with E-state index in [1.165, 1.54) is 0 Å². The largest absolute Gasteiger partial charge is 0.269 e. The number of carbonyl (C=O) groups excluding carboxylic acids is 1. The highest BCUT2D eigenvalue weighted by Gasteiger charge is 2.72. The van der Waals surface area contributed by atoms with Gasteiger partial charge in [-0.1, -0.05) is 20.4 Å². The van der Waals surface area contributed by atoms with E-state index in [4.69, 9.17) is 0 Å². The normalized spacial score (nSPS) is 42.9. The van der Waals surface area contributed by atoms with E-state index in [9.17, 15) is 13.2 Å². The molecular weight excluding hydrogens is 250 g/mol. The molecule has 2 aliphatic carbocycles. The lowest BCUT2D eigenvalue weighted by atomic mass is 9.69. The van der Waals surface area contributed by atoms with Gasteiger partial charge in [0.05, 0.1) is 11.8 Å². The van der Waals surface area contributed by atoms with E-state index >= 15 is 0 Å². The molecule has 3 atom stereocenters. The topological polar surface area (TPSA) is 54.5 Å². The molecule has 0 N–H and O–H groups in total. The summed E-state index contributed by atoms with van der Waals surface area (Å²) in [6, 6.07) is -0.137. The predicted molar refractivity (Wildman–Crippen MR) is 68.2 cm³/mol. The van der Waals surface area contributed by atoms with E-state index in [1.807, 2.05) is 0 Å². The second-order valence-electron chi connectivity index (χ2n) is 6.46. The summed E-state index contributed by atoms with van der Waals surface area (Å²) in [5.41, 5.74) is -0.212. The summed E-state index contributed by atoms with van der Waals surface area (Å²) in [6.07, 6.45) is 3.96. The molecule has 3 rings (SSSR count). The SMILES string of the molecule is C=CC(=O)N1[C@H]2CC3CC[C@@]2(CS1(=O)=O)C3(C)C. The Morgan fingerprint density at radius 2 is 2.11 bits per heavy atom. The van der Waals surface area contributed by atoms with Gasteiger partial charge in [0.15, 0.2) is 0 Å². The van der Waals surface area contributed by atoms with Crippen molar-refractivity contribution in [1.82, 2.24) is 4.31 Å². The third-order valence-corrected chi connectivity index (χ3v) is 7.72. The zero-order valence-corrected chi connectivity index (χ0v) is 11.7. The highest BCUT2D eigenvalue weighted by molar-refractivity contribution is 7.90. The van der Waals surface area contributed by atoms with Crippen LogP contribution in [-0.4, -0.2) is 30.4 Å². The second-order valence-corrected chi connectivity index (χ2v) is 8.31. The lowest BCUT2D eigenvalue weighted by Crippen LogP contribution is -2.43. The standard InChI is InChI=1S/C13H19NO3S/c1-4-11(15)14-10-7-9-5-6-13(10,12(9,2)3)8-18(14,16)17/h4,9-10H,1,5-8H2,2-3H3/t9?,10-,13-/m0/s1. The first-order chi connectivity index (χ1) is 8.26. The van der Waals surface area contributed by atoms with Gasteiger partial charge in [0.25, 0.3) is 5.91 Å². The molecule has 1 spiro atoms. The van der Waals surface area contributed by atoms with Crippen molar-refractivity contribution in [3.63, 3.8) is 0 Å². The first-order valence-corrected chi connectivity index (χ1v) is 8.06. The van der Waals surface area contributed by atoms with Crippen LogP contribution in [0.15, 0.2) is 12.7 Å². The van der Waals surface area contributed by atoms with Crippen LogP contribution >= 0.6 is 0 Å². The third kappa shape index (κ3) is 1.12. The molecule has 5 heteroatoms. The molecule has 2 bridgehead atoms. The Hall–Kier alpha value is -0.840. The van der Waals surface area contributed by atoms with Crippen LogP contribution in [0.3, 0.4) is 0 Å². The summed E-state index contributed by atoms with van der Waals surface area (Å²) >= 11 is 0. The van der Waals surface area contributed by atoms with Crippen molar-refractivity contribution >= 4 is 15.9 Å². The Balaban J connectivity index is 2.14. The fourth-order valence-electron chi connectivity index (χ4n) is 4.67. The number of nitrogens with zero attached hydrogens (tertiary/aromatic N) is 1. The van der Waals surface area contributed by atoms with Crippen LogP contribution in [0.25, 0.3) is 0 Å². The van der Waals surface area contributed by atoms with Crippen LogP contribution < -0.4 is 0 Å². The van der Waals surface area contributed by atoms with Gasteiger partial charge in [-0.2, -0.15) is 0 Å². The van der Waals surface area contributed by atoms with Gasteiger partial charge in [-0.25, -0.2) is 12.7 Å². The summed E-state index contributed by atoms with van der Waals surface area (Å²) < 4.78 is 25.7. The maximum absolute atomic E-state index is 12.3. The third-order valence-electron chi connectivity index (χ3n) is 5.80. The molecule has 1 heterocycles. The second kappa shape index (κ2) is 3.18. The Morgan fingerprint density at radius 1 is 1.44 bits per heavy atom. The fourth-order valence-corrected chi connectivity index (χ4v) is 7.19. The van der Waals surface area contributed by atoms with E-state index in [1.54, 1.807) is 0 Å². The highest BCUT2D eigenvalue weighted by atomic mass is 32.2. The molecule has 1 saturated heterocycles. The Kier molecular flexibility index (Phi) is 2.16. The summed E-state index contributed by atoms with van der Waals surface area (Å²) in [5.74, 6) is 0.214. The number of hydrogen-bond acceptors (Lipinski definition) is 3. The van der Waals surface area contributed by atoms with Gasteiger partial charge in [-0.15, -0.1) is 0 Å².